The highest BCUT2D eigenvalue weighted by atomic mass is 35.5. The summed E-state index contributed by atoms with van der Waals surface area (Å²) in [7, 11) is 0. The minimum absolute atomic E-state index is 0.0135. The minimum atomic E-state index is -0.252. The molecule has 0 radical (unpaired) electrons. The van der Waals surface area contributed by atoms with Crippen molar-refractivity contribution >= 4 is 23.2 Å². The van der Waals surface area contributed by atoms with E-state index in [0.717, 1.165) is 16.3 Å². The Balaban J connectivity index is 1.80. The van der Waals surface area contributed by atoms with Gasteiger partial charge in [-0.1, -0.05) is 23.7 Å². The monoisotopic (exact) mass is 346 g/mol. The lowest BCUT2D eigenvalue weighted by molar-refractivity contribution is -0.124. The first-order chi connectivity index (χ1) is 11.3. The van der Waals surface area contributed by atoms with E-state index in [1.54, 1.807) is 0 Å². The molecule has 0 aliphatic heterocycles. The molecule has 5 heteroatoms. The summed E-state index contributed by atoms with van der Waals surface area (Å²) in [6.45, 7) is 6.53. The molecule has 0 spiro atoms. The number of carbonyl (C=O) groups excluding carboxylic acids is 1. The van der Waals surface area contributed by atoms with Gasteiger partial charge in [-0.3, -0.25) is 4.79 Å². The normalized spacial score (nSPS) is 11.0. The molecule has 0 saturated carbocycles. The number of hydrogen-bond acceptors (Lipinski definition) is 3. The number of halogens is 1. The van der Waals surface area contributed by atoms with E-state index in [1.807, 2.05) is 69.3 Å². The number of ether oxygens (including phenoxy) is 1. The number of benzene rings is 2. The van der Waals surface area contributed by atoms with Crippen LogP contribution in [-0.4, -0.2) is 18.1 Å². The summed E-state index contributed by atoms with van der Waals surface area (Å²) in [5.74, 6) is 0.547. The second kappa shape index (κ2) is 8.06. The second-order valence-electron chi connectivity index (χ2n) is 6.59. The molecule has 2 aromatic rings. The molecule has 2 N–H and O–H groups in total. The lowest BCUT2D eigenvalue weighted by Gasteiger charge is -2.20. The predicted octanol–water partition coefficient (Wildman–Crippen LogP) is 4.25. The van der Waals surface area contributed by atoms with Gasteiger partial charge in [-0.25, -0.2) is 0 Å². The standard InChI is InChI=1S/C19H23ClN2O2/c1-19(2,3)22-18(23)13-24-17-10-4-14(5-11-17)12-21-16-8-6-15(20)7-9-16/h4-11,21H,12-13H2,1-3H3,(H,22,23). The van der Waals surface area contributed by atoms with E-state index < -0.39 is 0 Å². The fourth-order valence-electron chi connectivity index (χ4n) is 2.08. The number of anilines is 1. The molecule has 0 aliphatic rings. The Hall–Kier alpha value is -2.20. The van der Waals surface area contributed by atoms with Crippen molar-refractivity contribution in [3.63, 3.8) is 0 Å². The summed E-state index contributed by atoms with van der Waals surface area (Å²) in [5, 5.41) is 6.90. The number of hydrogen-bond donors (Lipinski definition) is 2. The Bertz CT molecular complexity index is 661. The molecule has 0 saturated heterocycles. The second-order valence-corrected chi connectivity index (χ2v) is 7.03. The molecule has 0 aromatic heterocycles. The van der Waals surface area contributed by atoms with Crippen LogP contribution in [0.3, 0.4) is 0 Å². The highest BCUT2D eigenvalue weighted by Crippen LogP contribution is 2.16. The Labute approximate surface area is 148 Å². The number of rotatable bonds is 6. The third-order valence-electron chi connectivity index (χ3n) is 3.15. The Morgan fingerprint density at radius 2 is 1.67 bits per heavy atom. The van der Waals surface area contributed by atoms with Crippen molar-refractivity contribution in [1.82, 2.24) is 5.32 Å². The van der Waals surface area contributed by atoms with E-state index in [2.05, 4.69) is 10.6 Å². The number of carbonyl (C=O) groups is 1. The maximum absolute atomic E-state index is 11.7. The van der Waals surface area contributed by atoms with Crippen molar-refractivity contribution in [3.05, 3.63) is 59.1 Å². The van der Waals surface area contributed by atoms with Gasteiger partial charge in [0, 0.05) is 22.8 Å². The van der Waals surface area contributed by atoms with Gasteiger partial charge in [0.2, 0.25) is 0 Å². The van der Waals surface area contributed by atoms with Crippen molar-refractivity contribution in [2.75, 3.05) is 11.9 Å². The highest BCUT2D eigenvalue weighted by Gasteiger charge is 2.13. The molecule has 0 unspecified atom stereocenters. The van der Waals surface area contributed by atoms with Gasteiger partial charge in [-0.2, -0.15) is 0 Å². The maximum atomic E-state index is 11.7. The topological polar surface area (TPSA) is 50.4 Å². The summed E-state index contributed by atoms with van der Waals surface area (Å²) in [6.07, 6.45) is 0. The molecule has 0 heterocycles. The molecule has 2 rings (SSSR count). The quantitative estimate of drug-likeness (QED) is 0.822. The summed E-state index contributed by atoms with van der Waals surface area (Å²) in [5.41, 5.74) is 1.88. The van der Waals surface area contributed by atoms with Gasteiger partial charge >= 0.3 is 0 Å². The summed E-state index contributed by atoms with van der Waals surface area (Å²) in [6, 6.07) is 15.3. The van der Waals surface area contributed by atoms with E-state index >= 15 is 0 Å². The van der Waals surface area contributed by atoms with Crippen LogP contribution < -0.4 is 15.4 Å². The molecule has 0 fully saturated rings. The molecule has 4 nitrogen and oxygen atoms in total. The molecule has 0 aliphatic carbocycles. The van der Waals surface area contributed by atoms with E-state index in [1.165, 1.54) is 0 Å². The van der Waals surface area contributed by atoms with E-state index in [0.29, 0.717) is 12.3 Å². The van der Waals surface area contributed by atoms with Gasteiger partial charge in [0.05, 0.1) is 0 Å². The summed E-state index contributed by atoms with van der Waals surface area (Å²) >= 11 is 5.86. The van der Waals surface area contributed by atoms with Crippen molar-refractivity contribution < 1.29 is 9.53 Å². The molecular formula is C19H23ClN2O2. The van der Waals surface area contributed by atoms with Gasteiger partial charge in [0.15, 0.2) is 6.61 Å². The molecule has 0 bridgehead atoms. The molecular weight excluding hydrogens is 324 g/mol. The fourth-order valence-corrected chi connectivity index (χ4v) is 2.20. The van der Waals surface area contributed by atoms with E-state index in [4.69, 9.17) is 16.3 Å². The average molecular weight is 347 g/mol. The van der Waals surface area contributed by atoms with Crippen LogP contribution in [0, 0.1) is 0 Å². The van der Waals surface area contributed by atoms with Crippen LogP contribution in [0.25, 0.3) is 0 Å². The Morgan fingerprint density at radius 3 is 2.25 bits per heavy atom. The average Bonchev–Trinajstić information content (AvgIpc) is 2.52. The van der Waals surface area contributed by atoms with Crippen LogP contribution in [0.2, 0.25) is 5.02 Å². The van der Waals surface area contributed by atoms with Crippen molar-refractivity contribution in [2.24, 2.45) is 0 Å². The molecule has 24 heavy (non-hydrogen) atoms. The number of amides is 1. The third kappa shape index (κ3) is 6.50. The van der Waals surface area contributed by atoms with Crippen molar-refractivity contribution in [3.8, 4) is 5.75 Å². The van der Waals surface area contributed by atoms with Crippen LogP contribution in [0.4, 0.5) is 5.69 Å². The first-order valence-electron chi connectivity index (χ1n) is 7.84. The largest absolute Gasteiger partial charge is 0.484 e. The van der Waals surface area contributed by atoms with E-state index in [9.17, 15) is 4.79 Å². The molecule has 0 atom stereocenters. The predicted molar refractivity (Wildman–Crippen MR) is 98.6 cm³/mol. The van der Waals surface area contributed by atoms with Gasteiger partial charge in [0.25, 0.3) is 5.91 Å². The Kier molecular flexibility index (Phi) is 6.10. The molecule has 128 valence electrons. The zero-order valence-electron chi connectivity index (χ0n) is 14.2. The summed E-state index contributed by atoms with van der Waals surface area (Å²) in [4.78, 5) is 11.7. The van der Waals surface area contributed by atoms with Crippen LogP contribution in [0.5, 0.6) is 5.75 Å². The van der Waals surface area contributed by atoms with Gasteiger partial charge < -0.3 is 15.4 Å². The van der Waals surface area contributed by atoms with Crippen LogP contribution in [-0.2, 0) is 11.3 Å². The van der Waals surface area contributed by atoms with Gasteiger partial charge in [-0.15, -0.1) is 0 Å². The Morgan fingerprint density at radius 1 is 1.04 bits per heavy atom. The maximum Gasteiger partial charge on any atom is 0.258 e. The van der Waals surface area contributed by atoms with Gasteiger partial charge in [0.1, 0.15) is 5.75 Å². The number of nitrogens with one attached hydrogen (secondary N) is 2. The van der Waals surface area contributed by atoms with E-state index in [-0.39, 0.29) is 18.1 Å². The van der Waals surface area contributed by atoms with Crippen LogP contribution in [0.1, 0.15) is 26.3 Å². The lowest BCUT2D eigenvalue weighted by atomic mass is 10.1. The lowest BCUT2D eigenvalue weighted by Crippen LogP contribution is -2.43. The fraction of sp³-hybridized carbons (Fsp3) is 0.316. The van der Waals surface area contributed by atoms with Crippen molar-refractivity contribution in [2.45, 2.75) is 32.9 Å². The summed E-state index contributed by atoms with van der Waals surface area (Å²) < 4.78 is 5.50. The molecule has 1 amide bonds. The SMILES string of the molecule is CC(C)(C)NC(=O)COc1ccc(CNc2ccc(Cl)cc2)cc1. The first kappa shape index (κ1) is 18.1. The third-order valence-corrected chi connectivity index (χ3v) is 3.40. The van der Waals surface area contributed by atoms with Crippen LogP contribution >= 0.6 is 11.6 Å². The van der Waals surface area contributed by atoms with Gasteiger partial charge in [-0.05, 0) is 62.7 Å². The smallest absolute Gasteiger partial charge is 0.258 e. The minimum Gasteiger partial charge on any atom is -0.484 e. The zero-order chi connectivity index (χ0) is 17.6. The van der Waals surface area contributed by atoms with Crippen molar-refractivity contribution in [1.29, 1.82) is 0 Å². The highest BCUT2D eigenvalue weighted by molar-refractivity contribution is 6.30. The van der Waals surface area contributed by atoms with Crippen LogP contribution in [0.15, 0.2) is 48.5 Å². The first-order valence-corrected chi connectivity index (χ1v) is 8.22. The zero-order valence-corrected chi connectivity index (χ0v) is 15.0. The molecule has 2 aromatic carbocycles.